The molecule has 5 rings (SSSR count). The smallest absolute Gasteiger partial charge is 0.246 e. The lowest BCUT2D eigenvalue weighted by Crippen LogP contribution is -2.56. The number of hydrogen-bond acceptors (Lipinski definition) is 7. The molecule has 180 valence electrons. The fraction of sp³-hybridized carbons (Fsp3) is 0.440. The Kier molecular flexibility index (Phi) is 6.38. The lowest BCUT2D eigenvalue weighted by molar-refractivity contribution is -0.0660. The molecule has 9 heteroatoms. The van der Waals surface area contributed by atoms with Crippen molar-refractivity contribution in [2.45, 2.75) is 32.9 Å². The topological polar surface area (TPSA) is 67.7 Å². The number of aryl methyl sites for hydroxylation is 1. The van der Waals surface area contributed by atoms with Gasteiger partial charge in [0.2, 0.25) is 5.95 Å². The van der Waals surface area contributed by atoms with E-state index in [0.717, 1.165) is 50.6 Å². The van der Waals surface area contributed by atoms with E-state index in [0.29, 0.717) is 23.4 Å². The molecule has 0 bridgehead atoms. The van der Waals surface area contributed by atoms with E-state index in [1.807, 2.05) is 13.8 Å². The van der Waals surface area contributed by atoms with E-state index >= 15 is 0 Å². The van der Waals surface area contributed by atoms with Crippen molar-refractivity contribution >= 4 is 17.3 Å². The van der Waals surface area contributed by atoms with E-state index in [1.165, 1.54) is 17.8 Å². The first kappa shape index (κ1) is 22.6. The minimum Gasteiger partial charge on any atom is -0.491 e. The summed E-state index contributed by atoms with van der Waals surface area (Å²) < 4.78 is 26.6. The minimum atomic E-state index is -0.383. The van der Waals surface area contributed by atoms with Crippen LogP contribution in [-0.2, 0) is 4.74 Å². The standard InChI is InChI=1S/C25H31FN6O2/c1-17(2)34-24-11-19(26)10-22(13-24)32-16-27-25(29-32)28-20-8-18(3)9-21(12-20)30-4-6-31(7-5-30)23-14-33-15-23/h8-13,16-17,23H,4-7,14-15H2,1-3H3,(H,28,29). The fourth-order valence-corrected chi connectivity index (χ4v) is 4.39. The highest BCUT2D eigenvalue weighted by molar-refractivity contribution is 5.64. The Morgan fingerprint density at radius 3 is 2.53 bits per heavy atom. The van der Waals surface area contributed by atoms with Gasteiger partial charge in [0.25, 0.3) is 0 Å². The Morgan fingerprint density at radius 1 is 1.03 bits per heavy atom. The summed E-state index contributed by atoms with van der Waals surface area (Å²) in [5.41, 5.74) is 3.82. The van der Waals surface area contributed by atoms with Gasteiger partial charge in [-0.1, -0.05) is 0 Å². The quantitative estimate of drug-likeness (QED) is 0.569. The zero-order valence-electron chi connectivity index (χ0n) is 19.9. The molecule has 2 aliphatic heterocycles. The lowest BCUT2D eigenvalue weighted by atomic mass is 10.1. The van der Waals surface area contributed by atoms with E-state index in [1.54, 1.807) is 17.1 Å². The largest absolute Gasteiger partial charge is 0.491 e. The molecule has 34 heavy (non-hydrogen) atoms. The number of ether oxygens (including phenoxy) is 2. The van der Waals surface area contributed by atoms with Crippen LogP contribution in [0, 0.1) is 12.7 Å². The Balaban J connectivity index is 1.28. The Bertz CT molecular complexity index is 1140. The van der Waals surface area contributed by atoms with Gasteiger partial charge in [-0.2, -0.15) is 4.98 Å². The number of benzene rings is 2. The number of hydrogen-bond donors (Lipinski definition) is 1. The van der Waals surface area contributed by atoms with Crippen LogP contribution < -0.4 is 15.0 Å². The Morgan fingerprint density at radius 2 is 1.82 bits per heavy atom. The summed E-state index contributed by atoms with van der Waals surface area (Å²) in [7, 11) is 0. The molecule has 0 spiro atoms. The van der Waals surface area contributed by atoms with Gasteiger partial charge >= 0.3 is 0 Å². The molecular weight excluding hydrogens is 435 g/mol. The number of anilines is 3. The summed E-state index contributed by atoms with van der Waals surface area (Å²) in [5.74, 6) is 0.525. The average molecular weight is 467 g/mol. The maximum atomic E-state index is 14.1. The maximum Gasteiger partial charge on any atom is 0.246 e. The van der Waals surface area contributed by atoms with Gasteiger partial charge in [-0.05, 0) is 50.6 Å². The van der Waals surface area contributed by atoms with E-state index < -0.39 is 0 Å². The predicted molar refractivity (Wildman–Crippen MR) is 130 cm³/mol. The maximum absolute atomic E-state index is 14.1. The van der Waals surface area contributed by atoms with Crippen LogP contribution in [0.1, 0.15) is 19.4 Å². The number of nitrogens with one attached hydrogen (secondary N) is 1. The normalized spacial score (nSPS) is 17.1. The highest BCUT2D eigenvalue weighted by Gasteiger charge is 2.29. The molecule has 8 nitrogen and oxygen atoms in total. The summed E-state index contributed by atoms with van der Waals surface area (Å²) in [6.45, 7) is 11.7. The second kappa shape index (κ2) is 9.60. The third kappa shape index (κ3) is 5.15. The molecule has 2 saturated heterocycles. The Hall–Kier alpha value is -3.17. The van der Waals surface area contributed by atoms with Crippen molar-refractivity contribution in [1.82, 2.24) is 19.7 Å². The Labute approximate surface area is 199 Å². The van der Waals surface area contributed by atoms with Crippen molar-refractivity contribution in [3.8, 4) is 11.4 Å². The van der Waals surface area contributed by atoms with Crippen LogP contribution in [0.4, 0.5) is 21.7 Å². The second-order valence-electron chi connectivity index (χ2n) is 9.22. The zero-order chi connectivity index (χ0) is 23.7. The third-order valence-corrected chi connectivity index (χ3v) is 6.12. The van der Waals surface area contributed by atoms with Crippen LogP contribution in [-0.4, -0.2) is 71.2 Å². The predicted octanol–water partition coefficient (Wildman–Crippen LogP) is 3.77. The number of halogens is 1. The van der Waals surface area contributed by atoms with E-state index in [-0.39, 0.29) is 11.9 Å². The third-order valence-electron chi connectivity index (χ3n) is 6.12. The summed E-state index contributed by atoms with van der Waals surface area (Å²) in [5, 5.41) is 7.79. The first-order valence-corrected chi connectivity index (χ1v) is 11.8. The molecule has 0 atom stereocenters. The van der Waals surface area contributed by atoms with Crippen LogP contribution in [0.15, 0.2) is 42.7 Å². The van der Waals surface area contributed by atoms with Crippen LogP contribution in [0.2, 0.25) is 0 Å². The molecule has 2 aliphatic rings. The van der Waals surface area contributed by atoms with Gasteiger partial charge in [-0.15, -0.1) is 5.10 Å². The van der Waals surface area contributed by atoms with Crippen LogP contribution >= 0.6 is 0 Å². The molecule has 0 aliphatic carbocycles. The molecule has 1 aromatic heterocycles. The molecule has 3 aromatic rings. The van der Waals surface area contributed by atoms with Crippen molar-refractivity contribution in [2.75, 3.05) is 49.6 Å². The number of rotatable bonds is 7. The van der Waals surface area contributed by atoms with Gasteiger partial charge in [0.05, 0.1) is 31.0 Å². The molecule has 0 amide bonds. The van der Waals surface area contributed by atoms with E-state index in [2.05, 4.69) is 50.3 Å². The summed E-state index contributed by atoms with van der Waals surface area (Å²) in [4.78, 5) is 9.31. The van der Waals surface area contributed by atoms with Gasteiger partial charge in [-0.3, -0.25) is 4.90 Å². The number of aromatic nitrogens is 3. The van der Waals surface area contributed by atoms with E-state index in [9.17, 15) is 4.39 Å². The molecule has 0 unspecified atom stereocenters. The van der Waals surface area contributed by atoms with Crippen LogP contribution in [0.3, 0.4) is 0 Å². The lowest BCUT2D eigenvalue weighted by Gasteiger charge is -2.43. The van der Waals surface area contributed by atoms with Crippen molar-refractivity contribution in [3.63, 3.8) is 0 Å². The van der Waals surface area contributed by atoms with Gasteiger partial charge in [-0.25, -0.2) is 9.07 Å². The zero-order valence-corrected chi connectivity index (χ0v) is 19.9. The molecule has 3 heterocycles. The first-order chi connectivity index (χ1) is 16.4. The fourth-order valence-electron chi connectivity index (χ4n) is 4.39. The van der Waals surface area contributed by atoms with Gasteiger partial charge < -0.3 is 19.7 Å². The van der Waals surface area contributed by atoms with Crippen molar-refractivity contribution in [3.05, 3.63) is 54.1 Å². The van der Waals surface area contributed by atoms with Crippen molar-refractivity contribution < 1.29 is 13.9 Å². The number of piperazine rings is 1. The van der Waals surface area contributed by atoms with Gasteiger partial charge in [0.1, 0.15) is 17.9 Å². The minimum absolute atomic E-state index is 0.0478. The van der Waals surface area contributed by atoms with Crippen molar-refractivity contribution in [2.24, 2.45) is 0 Å². The highest BCUT2D eigenvalue weighted by atomic mass is 19.1. The average Bonchev–Trinajstić information content (AvgIpc) is 3.20. The van der Waals surface area contributed by atoms with Gasteiger partial charge in [0.15, 0.2) is 0 Å². The second-order valence-corrected chi connectivity index (χ2v) is 9.22. The van der Waals surface area contributed by atoms with E-state index in [4.69, 9.17) is 9.47 Å². The molecule has 2 fully saturated rings. The highest BCUT2D eigenvalue weighted by Crippen LogP contribution is 2.26. The molecule has 0 radical (unpaired) electrons. The summed E-state index contributed by atoms with van der Waals surface area (Å²) in [6, 6.07) is 11.5. The molecule has 1 N–H and O–H groups in total. The summed E-state index contributed by atoms with van der Waals surface area (Å²) in [6.07, 6.45) is 1.52. The number of nitrogens with zero attached hydrogens (tertiary/aromatic N) is 5. The summed E-state index contributed by atoms with van der Waals surface area (Å²) >= 11 is 0. The molecule has 2 aromatic carbocycles. The molecular formula is C25H31FN6O2. The SMILES string of the molecule is Cc1cc(Nc2ncn(-c3cc(F)cc(OC(C)C)c3)n2)cc(N2CCN(C3COC3)CC2)c1. The molecule has 0 saturated carbocycles. The van der Waals surface area contributed by atoms with Crippen molar-refractivity contribution in [1.29, 1.82) is 0 Å². The first-order valence-electron chi connectivity index (χ1n) is 11.8. The van der Waals surface area contributed by atoms with Crippen LogP contribution in [0.5, 0.6) is 5.75 Å². The monoisotopic (exact) mass is 466 g/mol. The van der Waals surface area contributed by atoms with Crippen LogP contribution in [0.25, 0.3) is 5.69 Å². The van der Waals surface area contributed by atoms with Gasteiger partial charge in [0, 0.05) is 49.7 Å².